The van der Waals surface area contributed by atoms with Gasteiger partial charge in [-0.2, -0.15) is 0 Å². The van der Waals surface area contributed by atoms with Crippen molar-refractivity contribution in [1.82, 2.24) is 4.90 Å². The third kappa shape index (κ3) is 5.09. The molecular formula is C16H27NO9P2. The lowest BCUT2D eigenvalue weighted by Crippen LogP contribution is -2.43. The van der Waals surface area contributed by atoms with Gasteiger partial charge in [0.25, 0.3) is 5.08 Å². The van der Waals surface area contributed by atoms with Crippen LogP contribution < -0.4 is 0 Å². The predicted octanol–water partition coefficient (Wildman–Crippen LogP) is 0.775. The summed E-state index contributed by atoms with van der Waals surface area (Å²) in [5.74, 6) is 0. The second-order valence-electron chi connectivity index (χ2n) is 6.88. The van der Waals surface area contributed by atoms with E-state index in [1.54, 1.807) is 11.9 Å². The number of aryl methyl sites for hydroxylation is 1. The summed E-state index contributed by atoms with van der Waals surface area (Å²) in [5.41, 5.74) is 1.84. The summed E-state index contributed by atoms with van der Waals surface area (Å²) in [6.07, 6.45) is -1.22. The minimum Gasteiger partial charge on any atom is -0.376 e. The number of nitrogens with zero attached hydrogens (tertiary/aromatic N) is 1. The molecule has 1 heterocycles. The summed E-state index contributed by atoms with van der Waals surface area (Å²) < 4.78 is 34.5. The maximum atomic E-state index is 11.6. The molecule has 2 rings (SSSR count). The monoisotopic (exact) mass is 439 g/mol. The van der Waals surface area contributed by atoms with Crippen molar-refractivity contribution in [2.24, 2.45) is 0 Å². The van der Waals surface area contributed by atoms with Crippen LogP contribution in [0.2, 0.25) is 0 Å². The fourth-order valence-electron chi connectivity index (χ4n) is 3.25. The van der Waals surface area contributed by atoms with Crippen LogP contribution in [0.25, 0.3) is 0 Å². The molecule has 0 saturated carbocycles. The van der Waals surface area contributed by atoms with E-state index in [-0.39, 0.29) is 6.54 Å². The molecule has 1 saturated heterocycles. The van der Waals surface area contributed by atoms with Gasteiger partial charge in [0, 0.05) is 13.0 Å². The van der Waals surface area contributed by atoms with Gasteiger partial charge >= 0.3 is 15.2 Å². The summed E-state index contributed by atoms with van der Waals surface area (Å²) in [6.45, 7) is 2.84. The van der Waals surface area contributed by atoms with Crippen molar-refractivity contribution < 1.29 is 43.3 Å². The molecule has 160 valence electrons. The number of benzene rings is 1. The summed E-state index contributed by atoms with van der Waals surface area (Å²) in [7, 11) is -9.37. The van der Waals surface area contributed by atoms with E-state index in [0.717, 1.165) is 11.1 Å². The highest BCUT2D eigenvalue weighted by Gasteiger charge is 2.59. The molecule has 28 heavy (non-hydrogen) atoms. The molecule has 1 aromatic carbocycles. The van der Waals surface area contributed by atoms with E-state index in [1.807, 2.05) is 31.2 Å². The van der Waals surface area contributed by atoms with Gasteiger partial charge < -0.3 is 34.2 Å². The average Bonchev–Trinajstić information content (AvgIpc) is 2.60. The minimum atomic E-state index is -5.50. The number of rotatable bonds is 8. The molecule has 5 N–H and O–H groups in total. The van der Waals surface area contributed by atoms with Crippen molar-refractivity contribution in [2.45, 2.75) is 30.6 Å². The molecule has 0 radical (unpaired) electrons. The van der Waals surface area contributed by atoms with Gasteiger partial charge in [0.05, 0.1) is 25.9 Å². The first-order valence-corrected chi connectivity index (χ1v) is 11.9. The first-order chi connectivity index (χ1) is 12.9. The second kappa shape index (κ2) is 9.02. The number of hydrogen-bond acceptors (Lipinski definition) is 6. The van der Waals surface area contributed by atoms with Gasteiger partial charge in [0.2, 0.25) is 0 Å². The van der Waals surface area contributed by atoms with Gasteiger partial charge in [0.1, 0.15) is 6.10 Å². The maximum Gasteiger partial charge on any atom is 0.369 e. The molecule has 0 bridgehead atoms. The molecule has 2 unspecified atom stereocenters. The first kappa shape index (κ1) is 23.6. The Kier molecular flexibility index (Phi) is 7.61. The van der Waals surface area contributed by atoms with Crippen LogP contribution in [0.5, 0.6) is 0 Å². The van der Waals surface area contributed by atoms with E-state index >= 15 is 0 Å². The molecule has 0 spiro atoms. The molecule has 1 aliphatic rings. The molecule has 1 aromatic rings. The zero-order valence-electron chi connectivity index (χ0n) is 15.7. The van der Waals surface area contributed by atoms with Gasteiger partial charge in [-0.15, -0.1) is 0 Å². The van der Waals surface area contributed by atoms with Crippen LogP contribution in [0.15, 0.2) is 24.3 Å². The molecule has 1 fully saturated rings. The van der Waals surface area contributed by atoms with E-state index in [4.69, 9.17) is 9.47 Å². The number of hydrogen-bond donors (Lipinski definition) is 5. The van der Waals surface area contributed by atoms with Crippen molar-refractivity contribution in [3.8, 4) is 0 Å². The number of aliphatic hydroxyl groups is 1. The molecular weight excluding hydrogens is 412 g/mol. The molecule has 0 aromatic heterocycles. The van der Waals surface area contributed by atoms with E-state index in [9.17, 15) is 33.8 Å². The van der Waals surface area contributed by atoms with Gasteiger partial charge in [-0.05, 0) is 25.1 Å². The Hall–Kier alpha value is -0.640. The van der Waals surface area contributed by atoms with Crippen molar-refractivity contribution in [2.75, 3.05) is 33.4 Å². The summed E-state index contributed by atoms with van der Waals surface area (Å²) in [6, 6.07) is 7.09. The number of ether oxygens (including phenoxy) is 2. The van der Waals surface area contributed by atoms with Gasteiger partial charge in [-0.3, -0.25) is 14.0 Å². The first-order valence-electron chi connectivity index (χ1n) is 8.67. The lowest BCUT2D eigenvalue weighted by atomic mass is 9.95. The van der Waals surface area contributed by atoms with Crippen LogP contribution in [0, 0.1) is 6.92 Å². The second-order valence-corrected chi connectivity index (χ2v) is 10.9. The van der Waals surface area contributed by atoms with Crippen LogP contribution in [-0.4, -0.2) is 74.2 Å². The summed E-state index contributed by atoms with van der Waals surface area (Å²) in [4.78, 5) is 39.0. The molecule has 10 nitrogen and oxygen atoms in total. The smallest absolute Gasteiger partial charge is 0.369 e. The van der Waals surface area contributed by atoms with Crippen molar-refractivity contribution in [3.63, 3.8) is 0 Å². The van der Waals surface area contributed by atoms with Crippen molar-refractivity contribution in [3.05, 3.63) is 35.4 Å². The van der Waals surface area contributed by atoms with Gasteiger partial charge in [-0.1, -0.05) is 24.3 Å². The Morgan fingerprint density at radius 2 is 1.79 bits per heavy atom. The van der Waals surface area contributed by atoms with Crippen LogP contribution in [0.3, 0.4) is 0 Å². The Bertz CT molecular complexity index is 734. The third-order valence-electron chi connectivity index (χ3n) is 4.91. The fraction of sp³-hybridized carbons (Fsp3) is 0.625. The highest BCUT2D eigenvalue weighted by Crippen LogP contribution is 2.69. The topological polar surface area (TPSA) is 157 Å². The standard InChI is InChI=1S/C16H27NO9P2/c1-12-5-3-4-6-13(12)15(14-11-25-9-10-26-14)17(2)8-7-16(18,27(19,20)21)28(22,23)24/h3-6,14-15,18H,7-11H2,1-2H3,(H2,19,20,21)(H2,22,23,24). The molecule has 0 aliphatic carbocycles. The summed E-state index contributed by atoms with van der Waals surface area (Å²) >= 11 is 0. The SMILES string of the molecule is Cc1ccccc1C(C1COCCO1)N(C)CCC(O)(P(=O)(O)O)P(=O)(O)O. The molecule has 1 aliphatic heterocycles. The Morgan fingerprint density at radius 3 is 2.29 bits per heavy atom. The van der Waals surface area contributed by atoms with E-state index in [1.165, 1.54) is 0 Å². The van der Waals surface area contributed by atoms with Crippen LogP contribution in [0.1, 0.15) is 23.6 Å². The van der Waals surface area contributed by atoms with Gasteiger partial charge in [0.15, 0.2) is 0 Å². The highest BCUT2D eigenvalue weighted by atomic mass is 31.2. The van der Waals surface area contributed by atoms with Crippen LogP contribution in [0.4, 0.5) is 0 Å². The lowest BCUT2D eigenvalue weighted by molar-refractivity contribution is -0.118. The molecule has 12 heteroatoms. The normalized spacial score (nSPS) is 20.4. The molecule has 0 amide bonds. The lowest BCUT2D eigenvalue weighted by Gasteiger charge is -2.39. The Morgan fingerprint density at radius 1 is 1.18 bits per heavy atom. The van der Waals surface area contributed by atoms with Crippen LogP contribution >= 0.6 is 15.2 Å². The van der Waals surface area contributed by atoms with E-state index in [2.05, 4.69) is 0 Å². The van der Waals surface area contributed by atoms with Crippen molar-refractivity contribution >= 4 is 15.2 Å². The zero-order chi connectivity index (χ0) is 21.2. The average molecular weight is 439 g/mol. The Labute approximate surface area is 163 Å². The van der Waals surface area contributed by atoms with E-state index < -0.39 is 38.8 Å². The third-order valence-corrected chi connectivity index (χ3v) is 8.79. The zero-order valence-corrected chi connectivity index (χ0v) is 17.5. The Balaban J connectivity index is 2.30. The predicted molar refractivity (Wildman–Crippen MR) is 101 cm³/mol. The quantitative estimate of drug-likeness (QED) is 0.367. The largest absolute Gasteiger partial charge is 0.376 e. The van der Waals surface area contributed by atoms with E-state index in [0.29, 0.717) is 19.8 Å². The minimum absolute atomic E-state index is 0.203. The van der Waals surface area contributed by atoms with Crippen LogP contribution in [-0.2, 0) is 18.6 Å². The van der Waals surface area contributed by atoms with Crippen molar-refractivity contribution in [1.29, 1.82) is 0 Å². The molecule has 2 atom stereocenters. The fourth-order valence-corrected chi connectivity index (χ4v) is 5.40. The number of likely N-dealkylation sites (N-methyl/N-ethyl adjacent to an activating group) is 1. The maximum absolute atomic E-state index is 11.6. The summed E-state index contributed by atoms with van der Waals surface area (Å²) in [5, 5.41) is 6.69. The van der Waals surface area contributed by atoms with Gasteiger partial charge in [-0.25, -0.2) is 0 Å². The highest BCUT2D eigenvalue weighted by molar-refractivity contribution is 7.72.